The molecular weight excluding hydrogens is 246 g/mol. The maximum Gasteiger partial charge on any atom is 0.186 e. The summed E-state index contributed by atoms with van der Waals surface area (Å²) in [6, 6.07) is 0. The van der Waals surface area contributed by atoms with Crippen LogP contribution in [0.25, 0.3) is 0 Å². The van der Waals surface area contributed by atoms with E-state index in [0.29, 0.717) is 11.0 Å². The predicted molar refractivity (Wildman–Crippen MR) is 64.9 cm³/mol. The van der Waals surface area contributed by atoms with E-state index in [4.69, 9.17) is 11.6 Å². The number of nitrogens with zero attached hydrogens (tertiary/aromatic N) is 4. The molecular formula is C9H12ClN5S. The van der Waals surface area contributed by atoms with Crippen molar-refractivity contribution in [1.82, 2.24) is 18.3 Å². The molecule has 0 atom stereocenters. The van der Waals surface area contributed by atoms with Gasteiger partial charge in [-0.15, -0.1) is 0 Å². The number of halogens is 1. The maximum absolute atomic E-state index is 5.80. The SMILES string of the molecule is Clc1nsnc1NCCCCn1ccnc1. The monoisotopic (exact) mass is 257 g/mol. The minimum absolute atomic E-state index is 0.458. The molecule has 0 amide bonds. The van der Waals surface area contributed by atoms with Crippen molar-refractivity contribution in [3.63, 3.8) is 0 Å². The fraction of sp³-hybridized carbons (Fsp3) is 0.444. The van der Waals surface area contributed by atoms with Crippen LogP contribution in [0.15, 0.2) is 18.7 Å². The smallest absolute Gasteiger partial charge is 0.186 e. The number of rotatable bonds is 6. The summed E-state index contributed by atoms with van der Waals surface area (Å²) < 4.78 is 9.98. The van der Waals surface area contributed by atoms with Gasteiger partial charge in [-0.25, -0.2) is 4.98 Å². The highest BCUT2D eigenvalue weighted by Gasteiger charge is 2.02. The third-order valence-electron chi connectivity index (χ3n) is 2.14. The minimum atomic E-state index is 0.458. The fourth-order valence-electron chi connectivity index (χ4n) is 1.33. The molecule has 0 aliphatic rings. The Labute approximate surface area is 103 Å². The first-order valence-electron chi connectivity index (χ1n) is 5.04. The van der Waals surface area contributed by atoms with Crippen molar-refractivity contribution < 1.29 is 0 Å². The Bertz CT molecular complexity index is 413. The standard InChI is InChI=1S/C9H12ClN5S/c10-8-9(14-16-13-8)12-3-1-2-5-15-6-4-11-7-15/h4,6-7H,1-3,5H2,(H,12,14). The number of anilines is 1. The molecule has 16 heavy (non-hydrogen) atoms. The molecule has 7 heteroatoms. The van der Waals surface area contributed by atoms with Crippen LogP contribution < -0.4 is 5.32 Å². The molecule has 86 valence electrons. The highest BCUT2D eigenvalue weighted by Crippen LogP contribution is 2.17. The van der Waals surface area contributed by atoms with Crippen molar-refractivity contribution in [2.45, 2.75) is 19.4 Å². The average molecular weight is 258 g/mol. The first kappa shape index (κ1) is 11.3. The number of aryl methyl sites for hydroxylation is 1. The Morgan fingerprint density at radius 3 is 3.00 bits per heavy atom. The van der Waals surface area contributed by atoms with Gasteiger partial charge in [0.2, 0.25) is 0 Å². The lowest BCUT2D eigenvalue weighted by Crippen LogP contribution is -2.04. The van der Waals surface area contributed by atoms with Crippen LogP contribution in [0.3, 0.4) is 0 Å². The molecule has 0 radical (unpaired) electrons. The highest BCUT2D eigenvalue weighted by atomic mass is 35.5. The third-order valence-corrected chi connectivity index (χ3v) is 3.04. The van der Waals surface area contributed by atoms with E-state index in [1.54, 1.807) is 6.20 Å². The molecule has 0 aliphatic carbocycles. The molecule has 2 aromatic rings. The zero-order valence-corrected chi connectivity index (χ0v) is 10.2. The second-order valence-corrected chi connectivity index (χ2v) is 4.22. The zero-order chi connectivity index (χ0) is 11.2. The molecule has 1 N–H and O–H groups in total. The Balaban J connectivity index is 1.61. The van der Waals surface area contributed by atoms with E-state index in [1.807, 2.05) is 12.5 Å². The Morgan fingerprint density at radius 2 is 2.31 bits per heavy atom. The van der Waals surface area contributed by atoms with E-state index in [9.17, 15) is 0 Å². The van der Waals surface area contributed by atoms with Crippen LogP contribution in [0.1, 0.15) is 12.8 Å². The van der Waals surface area contributed by atoms with E-state index < -0.39 is 0 Å². The van der Waals surface area contributed by atoms with Crippen molar-refractivity contribution in [2.24, 2.45) is 0 Å². The minimum Gasteiger partial charge on any atom is -0.367 e. The number of hydrogen-bond acceptors (Lipinski definition) is 5. The number of hydrogen-bond donors (Lipinski definition) is 1. The Morgan fingerprint density at radius 1 is 1.38 bits per heavy atom. The first-order chi connectivity index (χ1) is 7.86. The first-order valence-corrected chi connectivity index (χ1v) is 6.15. The highest BCUT2D eigenvalue weighted by molar-refractivity contribution is 6.99. The van der Waals surface area contributed by atoms with Gasteiger partial charge in [-0.2, -0.15) is 8.75 Å². The lowest BCUT2D eigenvalue weighted by Gasteiger charge is -2.03. The zero-order valence-electron chi connectivity index (χ0n) is 8.64. The summed E-state index contributed by atoms with van der Waals surface area (Å²) in [6.45, 7) is 1.85. The summed E-state index contributed by atoms with van der Waals surface area (Å²) in [5.41, 5.74) is 0. The van der Waals surface area contributed by atoms with Crippen molar-refractivity contribution in [3.8, 4) is 0 Å². The molecule has 0 spiro atoms. The summed E-state index contributed by atoms with van der Waals surface area (Å²) in [5, 5.41) is 3.61. The van der Waals surface area contributed by atoms with Gasteiger partial charge in [0.1, 0.15) is 0 Å². The lowest BCUT2D eigenvalue weighted by molar-refractivity contribution is 0.621. The van der Waals surface area contributed by atoms with E-state index in [2.05, 4.69) is 23.6 Å². The summed E-state index contributed by atoms with van der Waals surface area (Å²) >= 11 is 6.92. The molecule has 0 aromatic carbocycles. The topological polar surface area (TPSA) is 55.6 Å². The Kier molecular flexibility index (Phi) is 4.12. The van der Waals surface area contributed by atoms with Crippen LogP contribution >= 0.6 is 23.3 Å². The molecule has 0 fully saturated rings. The number of aromatic nitrogens is 4. The molecule has 2 rings (SSSR count). The van der Waals surface area contributed by atoms with E-state index in [-0.39, 0.29) is 0 Å². The second-order valence-electron chi connectivity index (χ2n) is 3.34. The van der Waals surface area contributed by atoms with Crippen LogP contribution in [0.4, 0.5) is 5.82 Å². The van der Waals surface area contributed by atoms with Crippen LogP contribution in [0, 0.1) is 0 Å². The van der Waals surface area contributed by atoms with Gasteiger partial charge in [-0.1, -0.05) is 11.6 Å². The van der Waals surface area contributed by atoms with Gasteiger partial charge in [-0.3, -0.25) is 0 Å². The largest absolute Gasteiger partial charge is 0.367 e. The summed E-state index contributed by atoms with van der Waals surface area (Å²) in [6.07, 6.45) is 7.74. The summed E-state index contributed by atoms with van der Waals surface area (Å²) in [4.78, 5) is 3.99. The van der Waals surface area contributed by atoms with E-state index in [1.165, 1.54) is 0 Å². The fourth-order valence-corrected chi connectivity index (χ4v) is 2.01. The molecule has 5 nitrogen and oxygen atoms in total. The van der Waals surface area contributed by atoms with Crippen LogP contribution in [-0.2, 0) is 6.54 Å². The van der Waals surface area contributed by atoms with Crippen molar-refractivity contribution in [2.75, 3.05) is 11.9 Å². The number of imidazole rings is 1. The van der Waals surface area contributed by atoms with Gasteiger partial charge in [0.05, 0.1) is 18.1 Å². The molecule has 0 unspecified atom stereocenters. The molecule has 0 aliphatic heterocycles. The number of unbranched alkanes of at least 4 members (excludes halogenated alkanes) is 1. The Hall–Kier alpha value is -1.14. The van der Waals surface area contributed by atoms with Crippen molar-refractivity contribution in [1.29, 1.82) is 0 Å². The van der Waals surface area contributed by atoms with Crippen molar-refractivity contribution in [3.05, 3.63) is 23.9 Å². The average Bonchev–Trinajstić information content (AvgIpc) is 2.90. The number of nitrogens with one attached hydrogen (secondary N) is 1. The van der Waals surface area contributed by atoms with Crippen LogP contribution in [-0.4, -0.2) is 24.8 Å². The quantitative estimate of drug-likeness (QED) is 0.807. The van der Waals surface area contributed by atoms with E-state index in [0.717, 1.165) is 37.7 Å². The molecule has 0 saturated heterocycles. The van der Waals surface area contributed by atoms with Gasteiger partial charge in [0.15, 0.2) is 11.0 Å². The van der Waals surface area contributed by atoms with Crippen molar-refractivity contribution >= 4 is 29.1 Å². The molecule has 2 heterocycles. The molecule has 2 aromatic heterocycles. The van der Waals surface area contributed by atoms with Gasteiger partial charge >= 0.3 is 0 Å². The summed E-state index contributed by atoms with van der Waals surface area (Å²) in [5.74, 6) is 0.689. The second kappa shape index (κ2) is 5.81. The van der Waals surface area contributed by atoms with Gasteiger partial charge in [0, 0.05) is 25.5 Å². The van der Waals surface area contributed by atoms with Gasteiger partial charge < -0.3 is 9.88 Å². The van der Waals surface area contributed by atoms with Crippen LogP contribution in [0.2, 0.25) is 5.15 Å². The third kappa shape index (κ3) is 3.18. The molecule has 0 bridgehead atoms. The van der Waals surface area contributed by atoms with Crippen LogP contribution in [0.5, 0.6) is 0 Å². The lowest BCUT2D eigenvalue weighted by atomic mass is 10.3. The van der Waals surface area contributed by atoms with E-state index >= 15 is 0 Å². The van der Waals surface area contributed by atoms with Gasteiger partial charge in [0.25, 0.3) is 0 Å². The maximum atomic E-state index is 5.80. The van der Waals surface area contributed by atoms with Gasteiger partial charge in [-0.05, 0) is 12.8 Å². The predicted octanol–water partition coefficient (Wildman–Crippen LogP) is 2.28. The summed E-state index contributed by atoms with van der Waals surface area (Å²) in [7, 11) is 0. The normalized spacial score (nSPS) is 10.6. The molecule has 0 saturated carbocycles.